The van der Waals surface area contributed by atoms with Crippen LogP contribution in [-0.2, 0) is 4.74 Å². The number of nitrogens with two attached hydrogens (primary N) is 1. The molecule has 0 rings (SSSR count). The van der Waals surface area contributed by atoms with Crippen LogP contribution in [0.5, 0.6) is 0 Å². The van der Waals surface area contributed by atoms with Crippen LogP contribution in [0.3, 0.4) is 0 Å². The molecule has 0 spiro atoms. The maximum atomic E-state index is 5.79. The summed E-state index contributed by atoms with van der Waals surface area (Å²) in [6.07, 6.45) is 10.2. The van der Waals surface area contributed by atoms with Crippen LogP contribution >= 0.6 is 0 Å². The van der Waals surface area contributed by atoms with Crippen molar-refractivity contribution >= 4 is 0 Å². The minimum atomic E-state index is 0.220. The van der Waals surface area contributed by atoms with Gasteiger partial charge >= 0.3 is 0 Å². The summed E-state index contributed by atoms with van der Waals surface area (Å²) < 4.78 is 5.79. The molecule has 17 heavy (non-hydrogen) atoms. The van der Waals surface area contributed by atoms with Crippen LogP contribution in [0.25, 0.3) is 0 Å². The summed E-state index contributed by atoms with van der Waals surface area (Å²) in [4.78, 5) is 0. The fourth-order valence-electron chi connectivity index (χ4n) is 1.79. The highest BCUT2D eigenvalue weighted by atomic mass is 16.5. The molecule has 0 saturated carbocycles. The summed E-state index contributed by atoms with van der Waals surface area (Å²) in [7, 11) is 0. The Morgan fingerprint density at radius 3 is 2.35 bits per heavy atom. The van der Waals surface area contributed by atoms with Gasteiger partial charge in [-0.25, -0.2) is 0 Å². The van der Waals surface area contributed by atoms with E-state index in [2.05, 4.69) is 19.2 Å². The van der Waals surface area contributed by atoms with E-state index in [4.69, 9.17) is 10.5 Å². The van der Waals surface area contributed by atoms with Gasteiger partial charge in [0.15, 0.2) is 0 Å². The molecular formula is C14H32N2O. The van der Waals surface area contributed by atoms with Gasteiger partial charge in [-0.05, 0) is 32.4 Å². The number of rotatable bonds is 13. The average molecular weight is 244 g/mol. The minimum Gasteiger partial charge on any atom is -0.363 e. The van der Waals surface area contributed by atoms with Crippen molar-refractivity contribution in [1.29, 1.82) is 0 Å². The maximum absolute atomic E-state index is 5.79. The Balaban J connectivity index is 3.25. The molecule has 0 fully saturated rings. The lowest BCUT2D eigenvalue weighted by Crippen LogP contribution is -2.33. The van der Waals surface area contributed by atoms with Crippen molar-refractivity contribution in [1.82, 2.24) is 5.32 Å². The normalized spacial score (nSPS) is 12.9. The minimum absolute atomic E-state index is 0.220. The van der Waals surface area contributed by atoms with Gasteiger partial charge in [-0.3, -0.25) is 5.32 Å². The fraction of sp³-hybridized carbons (Fsp3) is 1.00. The molecule has 1 atom stereocenters. The molecule has 0 aromatic rings. The molecular weight excluding hydrogens is 212 g/mol. The Morgan fingerprint density at radius 2 is 1.71 bits per heavy atom. The summed E-state index contributed by atoms with van der Waals surface area (Å²) in [5.74, 6) is 0. The van der Waals surface area contributed by atoms with Gasteiger partial charge in [-0.2, -0.15) is 0 Å². The molecule has 3 N–H and O–H groups in total. The third-order valence-electron chi connectivity index (χ3n) is 2.94. The van der Waals surface area contributed by atoms with Gasteiger partial charge in [0.1, 0.15) is 6.23 Å². The van der Waals surface area contributed by atoms with Crippen molar-refractivity contribution in [3.63, 3.8) is 0 Å². The van der Waals surface area contributed by atoms with Crippen molar-refractivity contribution in [2.75, 3.05) is 19.7 Å². The second kappa shape index (κ2) is 13.9. The molecule has 0 heterocycles. The van der Waals surface area contributed by atoms with Crippen molar-refractivity contribution < 1.29 is 4.74 Å². The summed E-state index contributed by atoms with van der Waals surface area (Å²) in [6, 6.07) is 0. The molecule has 0 radical (unpaired) electrons. The molecule has 0 aliphatic rings. The van der Waals surface area contributed by atoms with Crippen LogP contribution in [0.1, 0.15) is 65.2 Å². The quantitative estimate of drug-likeness (QED) is 0.387. The van der Waals surface area contributed by atoms with Gasteiger partial charge in [-0.1, -0.05) is 46.0 Å². The first-order valence-electron chi connectivity index (χ1n) is 7.40. The van der Waals surface area contributed by atoms with Crippen LogP contribution in [0.4, 0.5) is 0 Å². The Morgan fingerprint density at radius 1 is 1.00 bits per heavy atom. The molecule has 0 aromatic carbocycles. The zero-order valence-corrected chi connectivity index (χ0v) is 11.8. The number of hydrogen-bond acceptors (Lipinski definition) is 3. The van der Waals surface area contributed by atoms with Gasteiger partial charge in [0.05, 0.1) is 0 Å². The highest BCUT2D eigenvalue weighted by Crippen LogP contribution is 2.05. The van der Waals surface area contributed by atoms with Crippen molar-refractivity contribution in [3.8, 4) is 0 Å². The van der Waals surface area contributed by atoms with Gasteiger partial charge in [0.25, 0.3) is 0 Å². The number of ether oxygens (including phenoxy) is 1. The average Bonchev–Trinajstić information content (AvgIpc) is 2.35. The van der Waals surface area contributed by atoms with Crippen LogP contribution in [-0.4, -0.2) is 25.9 Å². The van der Waals surface area contributed by atoms with E-state index in [1.165, 1.54) is 38.5 Å². The largest absolute Gasteiger partial charge is 0.363 e. The molecule has 0 amide bonds. The van der Waals surface area contributed by atoms with Gasteiger partial charge in [-0.15, -0.1) is 0 Å². The molecule has 3 nitrogen and oxygen atoms in total. The smallest absolute Gasteiger partial charge is 0.107 e. The molecule has 3 heteroatoms. The van der Waals surface area contributed by atoms with Gasteiger partial charge < -0.3 is 10.5 Å². The molecule has 0 aliphatic heterocycles. The third-order valence-corrected chi connectivity index (χ3v) is 2.94. The Labute approximate surface area is 107 Å². The summed E-state index contributed by atoms with van der Waals surface area (Å²) in [5, 5.41) is 3.38. The Hall–Kier alpha value is -0.120. The van der Waals surface area contributed by atoms with E-state index in [9.17, 15) is 0 Å². The predicted octanol–water partition coefficient (Wildman–Crippen LogP) is 3.04. The van der Waals surface area contributed by atoms with E-state index in [0.29, 0.717) is 0 Å². The van der Waals surface area contributed by atoms with Crippen molar-refractivity contribution in [2.45, 2.75) is 71.4 Å². The number of nitrogens with one attached hydrogen (secondary N) is 1. The van der Waals surface area contributed by atoms with Gasteiger partial charge in [0.2, 0.25) is 0 Å². The van der Waals surface area contributed by atoms with Crippen LogP contribution in [0.15, 0.2) is 0 Å². The first-order valence-corrected chi connectivity index (χ1v) is 7.40. The first kappa shape index (κ1) is 16.9. The summed E-state index contributed by atoms with van der Waals surface area (Å²) in [6.45, 7) is 7.01. The Kier molecular flexibility index (Phi) is 13.8. The highest BCUT2D eigenvalue weighted by molar-refractivity contribution is 4.54. The van der Waals surface area contributed by atoms with E-state index in [1.54, 1.807) is 0 Å². The third kappa shape index (κ3) is 12.1. The zero-order chi connectivity index (χ0) is 12.8. The SMILES string of the molecule is CCCCCCCCOC(CC)NCCCN. The van der Waals surface area contributed by atoms with E-state index >= 15 is 0 Å². The lowest BCUT2D eigenvalue weighted by Gasteiger charge is -2.17. The number of unbranched alkanes of at least 4 members (excludes halogenated alkanes) is 5. The Bertz CT molecular complexity index is 142. The lowest BCUT2D eigenvalue weighted by molar-refractivity contribution is 0.0251. The van der Waals surface area contributed by atoms with E-state index in [0.717, 1.165) is 32.5 Å². The predicted molar refractivity (Wildman–Crippen MR) is 75.1 cm³/mol. The molecule has 0 saturated heterocycles. The number of hydrogen-bond donors (Lipinski definition) is 2. The summed E-state index contributed by atoms with van der Waals surface area (Å²) >= 11 is 0. The van der Waals surface area contributed by atoms with E-state index < -0.39 is 0 Å². The highest BCUT2D eigenvalue weighted by Gasteiger charge is 2.03. The van der Waals surface area contributed by atoms with E-state index in [1.807, 2.05) is 0 Å². The molecule has 1 unspecified atom stereocenters. The monoisotopic (exact) mass is 244 g/mol. The first-order chi connectivity index (χ1) is 8.35. The van der Waals surface area contributed by atoms with Crippen molar-refractivity contribution in [2.24, 2.45) is 5.73 Å². The molecule has 104 valence electrons. The molecule has 0 aliphatic carbocycles. The fourth-order valence-corrected chi connectivity index (χ4v) is 1.79. The topological polar surface area (TPSA) is 47.3 Å². The van der Waals surface area contributed by atoms with Crippen LogP contribution < -0.4 is 11.1 Å². The summed E-state index contributed by atoms with van der Waals surface area (Å²) in [5.41, 5.74) is 5.45. The lowest BCUT2D eigenvalue weighted by atomic mass is 10.1. The van der Waals surface area contributed by atoms with Crippen LogP contribution in [0, 0.1) is 0 Å². The zero-order valence-electron chi connectivity index (χ0n) is 11.8. The second-order valence-corrected chi connectivity index (χ2v) is 4.63. The molecule has 0 aromatic heterocycles. The standard InChI is InChI=1S/C14H32N2O/c1-3-5-6-7-8-9-13-17-14(4-2)16-12-10-11-15/h14,16H,3-13,15H2,1-2H3. The van der Waals surface area contributed by atoms with E-state index in [-0.39, 0.29) is 6.23 Å². The van der Waals surface area contributed by atoms with Crippen molar-refractivity contribution in [3.05, 3.63) is 0 Å². The second-order valence-electron chi connectivity index (χ2n) is 4.63. The van der Waals surface area contributed by atoms with Crippen LogP contribution in [0.2, 0.25) is 0 Å². The molecule has 0 bridgehead atoms. The maximum Gasteiger partial charge on any atom is 0.107 e. The van der Waals surface area contributed by atoms with Gasteiger partial charge in [0, 0.05) is 6.61 Å².